The van der Waals surface area contributed by atoms with E-state index in [0.29, 0.717) is 6.61 Å². The molecule has 0 fully saturated rings. The summed E-state index contributed by atoms with van der Waals surface area (Å²) in [5, 5.41) is 0. The molecule has 1 aromatic carbocycles. The van der Waals surface area contributed by atoms with Crippen LogP contribution < -0.4 is 0 Å². The van der Waals surface area contributed by atoms with Gasteiger partial charge in [0.2, 0.25) is 0 Å². The summed E-state index contributed by atoms with van der Waals surface area (Å²) in [6.07, 6.45) is -0.278. The first-order valence-corrected chi connectivity index (χ1v) is 4.03. The van der Waals surface area contributed by atoms with Crippen LogP contribution in [0.3, 0.4) is 0 Å². The number of ether oxygens (including phenoxy) is 1. The minimum absolute atomic E-state index is 0.0943. The average Bonchev–Trinajstić information content (AvgIpc) is 2.12. The molecule has 0 saturated heterocycles. The summed E-state index contributed by atoms with van der Waals surface area (Å²) in [4.78, 5) is 11.5. The molecule has 2 nitrogen and oxygen atoms in total. The van der Waals surface area contributed by atoms with Crippen LogP contribution in [0.2, 0.25) is 0 Å². The SMILES string of the molecule is C[C@H]1OCc2ccccc2C1=O. The van der Waals surface area contributed by atoms with E-state index in [-0.39, 0.29) is 11.9 Å². The zero-order chi connectivity index (χ0) is 8.55. The average molecular weight is 162 g/mol. The summed E-state index contributed by atoms with van der Waals surface area (Å²) >= 11 is 0. The second-order valence-electron chi connectivity index (χ2n) is 2.97. The molecule has 12 heavy (non-hydrogen) atoms. The Morgan fingerprint density at radius 2 is 2.17 bits per heavy atom. The minimum Gasteiger partial charge on any atom is -0.366 e. The van der Waals surface area contributed by atoms with Crippen LogP contribution in [-0.2, 0) is 11.3 Å². The van der Waals surface area contributed by atoms with Crippen LogP contribution in [0.4, 0.5) is 0 Å². The highest BCUT2D eigenvalue weighted by molar-refractivity contribution is 6.01. The fourth-order valence-electron chi connectivity index (χ4n) is 1.40. The summed E-state index contributed by atoms with van der Waals surface area (Å²) < 4.78 is 5.27. The lowest BCUT2D eigenvalue weighted by molar-refractivity contribution is 0.0337. The molecule has 0 N–H and O–H groups in total. The van der Waals surface area contributed by atoms with Crippen LogP contribution in [0.1, 0.15) is 22.8 Å². The van der Waals surface area contributed by atoms with E-state index in [4.69, 9.17) is 4.74 Å². The second kappa shape index (κ2) is 2.72. The first-order chi connectivity index (χ1) is 5.79. The van der Waals surface area contributed by atoms with Gasteiger partial charge in [-0.2, -0.15) is 0 Å². The van der Waals surface area contributed by atoms with E-state index in [1.54, 1.807) is 6.92 Å². The summed E-state index contributed by atoms with van der Waals surface area (Å²) in [7, 11) is 0. The van der Waals surface area contributed by atoms with Crippen molar-refractivity contribution in [3.8, 4) is 0 Å². The standard InChI is InChI=1S/C10H10O2/c1-7-10(11)9-5-3-2-4-8(9)6-12-7/h2-5,7H,6H2,1H3/t7-/m1/s1. The summed E-state index contributed by atoms with van der Waals surface area (Å²) in [6.45, 7) is 2.35. The monoisotopic (exact) mass is 162 g/mol. The van der Waals surface area contributed by atoms with Crippen LogP contribution >= 0.6 is 0 Å². The van der Waals surface area contributed by atoms with Crippen molar-refractivity contribution >= 4 is 5.78 Å². The Kier molecular flexibility index (Phi) is 1.70. The topological polar surface area (TPSA) is 26.3 Å². The van der Waals surface area contributed by atoms with Gasteiger partial charge in [-0.3, -0.25) is 4.79 Å². The Hall–Kier alpha value is -1.15. The maximum atomic E-state index is 11.5. The van der Waals surface area contributed by atoms with Gasteiger partial charge in [-0.25, -0.2) is 0 Å². The normalized spacial score (nSPS) is 22.1. The third kappa shape index (κ3) is 1.04. The summed E-state index contributed by atoms with van der Waals surface area (Å²) in [5.41, 5.74) is 1.82. The molecule has 0 bridgehead atoms. The number of rotatable bonds is 0. The van der Waals surface area contributed by atoms with Gasteiger partial charge in [0.1, 0.15) is 6.10 Å². The third-order valence-electron chi connectivity index (χ3n) is 2.14. The van der Waals surface area contributed by atoms with E-state index in [1.807, 2.05) is 24.3 Å². The predicted octanol–water partition coefficient (Wildman–Crippen LogP) is 1.79. The van der Waals surface area contributed by atoms with Gasteiger partial charge in [0.25, 0.3) is 0 Å². The minimum atomic E-state index is -0.278. The van der Waals surface area contributed by atoms with Gasteiger partial charge in [-0.15, -0.1) is 0 Å². The zero-order valence-corrected chi connectivity index (χ0v) is 6.91. The lowest BCUT2D eigenvalue weighted by atomic mass is 9.99. The van der Waals surface area contributed by atoms with Gasteiger partial charge in [0, 0.05) is 5.56 Å². The smallest absolute Gasteiger partial charge is 0.191 e. The molecule has 62 valence electrons. The molecule has 0 aromatic heterocycles. The molecule has 1 heterocycles. The molecule has 1 aliphatic rings. The first kappa shape index (κ1) is 7.50. The quantitative estimate of drug-likeness (QED) is 0.581. The van der Waals surface area contributed by atoms with E-state index >= 15 is 0 Å². The molecule has 0 aliphatic carbocycles. The van der Waals surface area contributed by atoms with E-state index < -0.39 is 0 Å². The highest BCUT2D eigenvalue weighted by Crippen LogP contribution is 2.19. The van der Waals surface area contributed by atoms with Crippen LogP contribution in [-0.4, -0.2) is 11.9 Å². The van der Waals surface area contributed by atoms with Crippen LogP contribution in [0, 0.1) is 0 Å². The molecule has 0 amide bonds. The molecular weight excluding hydrogens is 152 g/mol. The van der Waals surface area contributed by atoms with Gasteiger partial charge in [0.05, 0.1) is 6.61 Å². The molecular formula is C10H10O2. The number of ketones is 1. The Morgan fingerprint density at radius 3 is 3.00 bits per heavy atom. The molecule has 1 aromatic rings. The van der Waals surface area contributed by atoms with Crippen molar-refractivity contribution in [3.63, 3.8) is 0 Å². The number of Topliss-reactive ketones (excluding diaryl/α,β-unsaturated/α-hetero) is 1. The Balaban J connectivity index is 2.49. The third-order valence-corrected chi connectivity index (χ3v) is 2.14. The van der Waals surface area contributed by atoms with Crippen molar-refractivity contribution in [1.82, 2.24) is 0 Å². The fourth-order valence-corrected chi connectivity index (χ4v) is 1.40. The maximum Gasteiger partial charge on any atom is 0.191 e. The van der Waals surface area contributed by atoms with Crippen LogP contribution in [0.5, 0.6) is 0 Å². The molecule has 2 heteroatoms. The summed E-state index contributed by atoms with van der Waals surface area (Å²) in [5.74, 6) is 0.0943. The largest absolute Gasteiger partial charge is 0.366 e. The fraction of sp³-hybridized carbons (Fsp3) is 0.300. The van der Waals surface area contributed by atoms with E-state index in [0.717, 1.165) is 11.1 Å². The maximum absolute atomic E-state index is 11.5. The second-order valence-corrected chi connectivity index (χ2v) is 2.97. The molecule has 1 aliphatic heterocycles. The van der Waals surface area contributed by atoms with Gasteiger partial charge in [-0.05, 0) is 12.5 Å². The Morgan fingerprint density at radius 1 is 1.42 bits per heavy atom. The first-order valence-electron chi connectivity index (χ1n) is 4.03. The van der Waals surface area contributed by atoms with Crippen LogP contribution in [0.15, 0.2) is 24.3 Å². The molecule has 0 spiro atoms. The van der Waals surface area contributed by atoms with E-state index in [1.165, 1.54) is 0 Å². The highest BCUT2D eigenvalue weighted by atomic mass is 16.5. The molecule has 1 atom stereocenters. The number of fused-ring (bicyclic) bond motifs is 1. The van der Waals surface area contributed by atoms with Crippen LogP contribution in [0.25, 0.3) is 0 Å². The Bertz CT molecular complexity index is 317. The number of carbonyl (C=O) groups is 1. The molecule has 2 rings (SSSR count). The number of benzene rings is 1. The van der Waals surface area contributed by atoms with E-state index in [2.05, 4.69) is 0 Å². The summed E-state index contributed by atoms with van der Waals surface area (Å²) in [6, 6.07) is 7.59. The highest BCUT2D eigenvalue weighted by Gasteiger charge is 2.23. The van der Waals surface area contributed by atoms with Crippen molar-refractivity contribution in [1.29, 1.82) is 0 Å². The van der Waals surface area contributed by atoms with Crippen molar-refractivity contribution < 1.29 is 9.53 Å². The lowest BCUT2D eigenvalue weighted by Gasteiger charge is -2.20. The molecule has 0 radical (unpaired) electrons. The van der Waals surface area contributed by atoms with Crippen molar-refractivity contribution in [3.05, 3.63) is 35.4 Å². The van der Waals surface area contributed by atoms with Gasteiger partial charge >= 0.3 is 0 Å². The van der Waals surface area contributed by atoms with Gasteiger partial charge < -0.3 is 4.74 Å². The van der Waals surface area contributed by atoms with Crippen molar-refractivity contribution in [2.75, 3.05) is 0 Å². The molecule has 0 unspecified atom stereocenters. The number of carbonyl (C=O) groups excluding carboxylic acids is 1. The number of hydrogen-bond donors (Lipinski definition) is 0. The van der Waals surface area contributed by atoms with Gasteiger partial charge in [0.15, 0.2) is 5.78 Å². The van der Waals surface area contributed by atoms with Crippen molar-refractivity contribution in [2.24, 2.45) is 0 Å². The zero-order valence-electron chi connectivity index (χ0n) is 6.91. The van der Waals surface area contributed by atoms with Gasteiger partial charge in [-0.1, -0.05) is 24.3 Å². The number of hydrogen-bond acceptors (Lipinski definition) is 2. The molecule has 0 saturated carbocycles. The van der Waals surface area contributed by atoms with E-state index in [9.17, 15) is 4.79 Å². The van der Waals surface area contributed by atoms with Crippen molar-refractivity contribution in [2.45, 2.75) is 19.6 Å². The predicted molar refractivity (Wildman–Crippen MR) is 45.0 cm³/mol. The Labute approximate surface area is 71.2 Å². The lowest BCUT2D eigenvalue weighted by Crippen LogP contribution is -2.26.